The fraction of sp³-hybridized carbons (Fsp3) is 0.294. The first-order chi connectivity index (χ1) is 17.0. The molecule has 6 rings (SSSR count). The van der Waals surface area contributed by atoms with Crippen molar-refractivity contribution in [2.24, 2.45) is 0 Å². The van der Waals surface area contributed by atoms with Crippen LogP contribution in [0.25, 0.3) is 22.3 Å². The lowest BCUT2D eigenvalue weighted by molar-refractivity contribution is 0.444. The number of anilines is 2. The minimum absolute atomic E-state index is 0.0325. The van der Waals surface area contributed by atoms with Gasteiger partial charge in [-0.15, -0.1) is 0 Å². The molecule has 1 heteroatoms. The quantitative estimate of drug-likeness (QED) is 0.295. The molecule has 2 aliphatic carbocycles. The molecule has 1 saturated carbocycles. The topological polar surface area (TPSA) is 3.24 Å². The van der Waals surface area contributed by atoms with Crippen molar-refractivity contribution in [3.05, 3.63) is 108 Å². The van der Waals surface area contributed by atoms with E-state index in [-0.39, 0.29) is 5.41 Å². The van der Waals surface area contributed by atoms with E-state index in [1.807, 2.05) is 0 Å². The first kappa shape index (κ1) is 22.2. The zero-order chi connectivity index (χ0) is 24.0. The molecular weight excluding hydrogens is 422 g/mol. The van der Waals surface area contributed by atoms with Gasteiger partial charge in [0, 0.05) is 23.8 Å². The highest BCUT2D eigenvalue weighted by Gasteiger charge is 2.36. The summed E-state index contributed by atoms with van der Waals surface area (Å²) in [6.45, 7) is 4.76. The molecule has 176 valence electrons. The maximum Gasteiger partial charge on any atom is 0.0443 e. The van der Waals surface area contributed by atoms with Gasteiger partial charge in [0.05, 0.1) is 0 Å². The first-order valence-electron chi connectivity index (χ1n) is 13.2. The third-order valence-electron chi connectivity index (χ3n) is 8.50. The fourth-order valence-corrected chi connectivity index (χ4v) is 6.44. The molecule has 0 aliphatic heterocycles. The lowest BCUT2D eigenvalue weighted by Gasteiger charge is -2.30. The zero-order valence-electron chi connectivity index (χ0n) is 21.2. The van der Waals surface area contributed by atoms with Gasteiger partial charge in [0.2, 0.25) is 0 Å². The Kier molecular flexibility index (Phi) is 5.52. The van der Waals surface area contributed by atoms with E-state index >= 15 is 0 Å². The van der Waals surface area contributed by atoms with E-state index in [9.17, 15) is 0 Å². The highest BCUT2D eigenvalue weighted by Crippen LogP contribution is 2.51. The summed E-state index contributed by atoms with van der Waals surface area (Å²) in [4.78, 5) is 2.42. The van der Waals surface area contributed by atoms with E-state index < -0.39 is 0 Å². The molecule has 0 bridgehead atoms. The maximum atomic E-state index is 2.44. The monoisotopic (exact) mass is 457 g/mol. The Morgan fingerprint density at radius 1 is 0.657 bits per heavy atom. The smallest absolute Gasteiger partial charge is 0.0443 e. The SMILES string of the molecule is CN(c1ccc2c(c1)C(C)(C)c1cc(-c3ccccc3)ccc1-2)c1ccccc1C1CCCCC1. The Hall–Kier alpha value is -3.32. The fourth-order valence-electron chi connectivity index (χ4n) is 6.44. The molecule has 0 saturated heterocycles. The summed E-state index contributed by atoms with van der Waals surface area (Å²) in [5.74, 6) is 0.689. The summed E-state index contributed by atoms with van der Waals surface area (Å²) in [5.41, 5.74) is 12.3. The lowest BCUT2D eigenvalue weighted by atomic mass is 9.81. The van der Waals surface area contributed by atoms with Gasteiger partial charge in [0.25, 0.3) is 0 Å². The van der Waals surface area contributed by atoms with Crippen molar-refractivity contribution in [2.45, 2.75) is 57.3 Å². The van der Waals surface area contributed by atoms with E-state index in [0.717, 1.165) is 0 Å². The molecule has 0 unspecified atom stereocenters. The van der Waals surface area contributed by atoms with Gasteiger partial charge in [0.1, 0.15) is 0 Å². The van der Waals surface area contributed by atoms with Crippen molar-refractivity contribution in [2.75, 3.05) is 11.9 Å². The van der Waals surface area contributed by atoms with Crippen LogP contribution in [0.2, 0.25) is 0 Å². The lowest BCUT2D eigenvalue weighted by Crippen LogP contribution is -2.18. The Bertz CT molecular complexity index is 1360. The van der Waals surface area contributed by atoms with Crippen LogP contribution in [0.5, 0.6) is 0 Å². The third-order valence-corrected chi connectivity index (χ3v) is 8.50. The Morgan fingerprint density at radius 2 is 1.31 bits per heavy atom. The molecule has 4 aromatic carbocycles. The highest BCUT2D eigenvalue weighted by molar-refractivity contribution is 5.85. The van der Waals surface area contributed by atoms with Crippen LogP contribution in [0, 0.1) is 0 Å². The molecule has 0 radical (unpaired) electrons. The van der Waals surface area contributed by atoms with Gasteiger partial charge in [-0.3, -0.25) is 0 Å². The Morgan fingerprint density at radius 3 is 2.09 bits per heavy atom. The van der Waals surface area contributed by atoms with Crippen LogP contribution >= 0.6 is 0 Å². The number of para-hydroxylation sites is 1. The molecule has 4 aromatic rings. The van der Waals surface area contributed by atoms with Crippen LogP contribution in [0.4, 0.5) is 11.4 Å². The van der Waals surface area contributed by atoms with Crippen LogP contribution in [0.1, 0.15) is 68.6 Å². The maximum absolute atomic E-state index is 2.44. The van der Waals surface area contributed by atoms with E-state index in [2.05, 4.69) is 117 Å². The predicted molar refractivity (Wildman–Crippen MR) is 150 cm³/mol. The number of nitrogens with zero attached hydrogens (tertiary/aromatic N) is 1. The second kappa shape index (κ2) is 8.72. The normalized spacial score (nSPS) is 16.5. The van der Waals surface area contributed by atoms with Crippen LogP contribution in [-0.4, -0.2) is 7.05 Å². The number of rotatable bonds is 4. The van der Waals surface area contributed by atoms with E-state index in [1.54, 1.807) is 0 Å². The van der Waals surface area contributed by atoms with E-state index in [0.29, 0.717) is 5.92 Å². The summed E-state index contributed by atoms with van der Waals surface area (Å²) < 4.78 is 0. The van der Waals surface area contributed by atoms with E-state index in [4.69, 9.17) is 0 Å². The van der Waals surface area contributed by atoms with Crippen molar-refractivity contribution in [1.29, 1.82) is 0 Å². The van der Waals surface area contributed by atoms with Gasteiger partial charge >= 0.3 is 0 Å². The summed E-state index contributed by atoms with van der Waals surface area (Å²) in [6, 6.07) is 33.9. The van der Waals surface area contributed by atoms with Crippen LogP contribution in [0.15, 0.2) is 91.0 Å². The molecule has 0 aromatic heterocycles. The molecule has 0 N–H and O–H groups in total. The van der Waals surface area contributed by atoms with Crippen LogP contribution < -0.4 is 4.90 Å². The molecular formula is C34H35N. The van der Waals surface area contributed by atoms with Gasteiger partial charge in [-0.2, -0.15) is 0 Å². The zero-order valence-corrected chi connectivity index (χ0v) is 21.2. The third kappa shape index (κ3) is 3.78. The molecule has 1 nitrogen and oxygen atoms in total. The number of benzene rings is 4. The molecule has 0 spiro atoms. The number of hydrogen-bond acceptors (Lipinski definition) is 1. The van der Waals surface area contributed by atoms with Gasteiger partial charge in [-0.25, -0.2) is 0 Å². The Balaban J connectivity index is 1.38. The first-order valence-corrected chi connectivity index (χ1v) is 13.2. The molecule has 1 fully saturated rings. The molecule has 0 atom stereocenters. The predicted octanol–water partition coefficient (Wildman–Crippen LogP) is 9.48. The van der Waals surface area contributed by atoms with Gasteiger partial charge in [0.15, 0.2) is 0 Å². The molecule has 35 heavy (non-hydrogen) atoms. The van der Waals surface area contributed by atoms with Crippen molar-refractivity contribution < 1.29 is 0 Å². The second-order valence-corrected chi connectivity index (χ2v) is 10.9. The average molecular weight is 458 g/mol. The largest absolute Gasteiger partial charge is 0.344 e. The number of hydrogen-bond donors (Lipinski definition) is 0. The van der Waals surface area contributed by atoms with Crippen molar-refractivity contribution >= 4 is 11.4 Å². The average Bonchev–Trinajstić information content (AvgIpc) is 3.15. The summed E-state index contributed by atoms with van der Waals surface area (Å²) >= 11 is 0. The van der Waals surface area contributed by atoms with Gasteiger partial charge in [-0.1, -0.05) is 99.8 Å². The summed E-state index contributed by atoms with van der Waals surface area (Å²) in [5, 5.41) is 0. The summed E-state index contributed by atoms with van der Waals surface area (Å²) in [6.07, 6.45) is 6.75. The molecule has 2 aliphatic rings. The second-order valence-electron chi connectivity index (χ2n) is 10.9. The van der Waals surface area contributed by atoms with Crippen molar-refractivity contribution in [1.82, 2.24) is 0 Å². The minimum Gasteiger partial charge on any atom is -0.344 e. The Labute approximate surface area is 210 Å². The minimum atomic E-state index is -0.0325. The molecule has 0 heterocycles. The van der Waals surface area contributed by atoms with Crippen LogP contribution in [-0.2, 0) is 5.41 Å². The van der Waals surface area contributed by atoms with E-state index in [1.165, 1.54) is 82.4 Å². The van der Waals surface area contributed by atoms with Crippen LogP contribution in [0.3, 0.4) is 0 Å². The van der Waals surface area contributed by atoms with Crippen molar-refractivity contribution in [3.63, 3.8) is 0 Å². The molecule has 0 amide bonds. The standard InChI is InChI=1S/C34H35N/c1-34(2)31-22-26(24-12-6-4-7-13-24)18-20-29(31)30-21-19-27(23-32(30)34)35(3)33-17-11-10-16-28(33)25-14-8-5-9-15-25/h4,6-7,10-13,16-23,25H,5,8-9,14-15H2,1-3H3. The summed E-state index contributed by atoms with van der Waals surface area (Å²) in [7, 11) is 2.24. The van der Waals surface area contributed by atoms with Crippen molar-refractivity contribution in [3.8, 4) is 22.3 Å². The number of fused-ring (bicyclic) bond motifs is 3. The highest BCUT2D eigenvalue weighted by atomic mass is 15.1. The van der Waals surface area contributed by atoms with Gasteiger partial charge < -0.3 is 4.90 Å². The van der Waals surface area contributed by atoms with Gasteiger partial charge in [-0.05, 0) is 82.0 Å².